The van der Waals surface area contributed by atoms with Crippen LogP contribution >= 0.6 is 0 Å². The van der Waals surface area contributed by atoms with Crippen molar-refractivity contribution in [1.82, 2.24) is 15.5 Å². The van der Waals surface area contributed by atoms with Gasteiger partial charge in [0.1, 0.15) is 5.75 Å². The first-order valence-electron chi connectivity index (χ1n) is 7.79. The van der Waals surface area contributed by atoms with E-state index >= 15 is 0 Å². The molecule has 1 N–H and O–H groups in total. The van der Waals surface area contributed by atoms with Crippen LogP contribution in [0.1, 0.15) is 38.4 Å². The lowest BCUT2D eigenvalue weighted by Gasteiger charge is -2.10. The number of hydrogen-bond acceptors (Lipinski definition) is 6. The Kier molecular flexibility index (Phi) is 6.08. The first kappa shape index (κ1) is 18.1. The van der Waals surface area contributed by atoms with Crippen molar-refractivity contribution in [1.29, 1.82) is 0 Å². The summed E-state index contributed by atoms with van der Waals surface area (Å²) >= 11 is 0. The molecule has 2 rings (SSSR count). The lowest BCUT2D eigenvalue weighted by atomic mass is 10.2. The molecule has 0 saturated carbocycles. The van der Waals surface area contributed by atoms with Crippen molar-refractivity contribution < 1.29 is 17.7 Å². The third-order valence-electron chi connectivity index (χ3n) is 3.52. The second-order valence-corrected chi connectivity index (χ2v) is 7.54. The van der Waals surface area contributed by atoms with Gasteiger partial charge in [-0.15, -0.1) is 0 Å². The van der Waals surface area contributed by atoms with Crippen LogP contribution in [-0.2, 0) is 26.8 Å². The van der Waals surface area contributed by atoms with Crippen molar-refractivity contribution in [3.05, 3.63) is 42.0 Å². The molecule has 1 atom stereocenters. The maximum Gasteiger partial charge on any atom is 0.227 e. The van der Waals surface area contributed by atoms with E-state index in [9.17, 15) is 13.2 Å². The number of sulfone groups is 1. The molecule has 0 radical (unpaired) electrons. The summed E-state index contributed by atoms with van der Waals surface area (Å²) in [5, 5.41) is 6.53. The van der Waals surface area contributed by atoms with E-state index in [1.807, 2.05) is 13.8 Å². The zero-order chi connectivity index (χ0) is 17.6. The lowest BCUT2D eigenvalue weighted by Crippen LogP contribution is -2.32. The normalized spacial score (nSPS) is 12.8. The number of carbonyl (C=O) groups excluding carboxylic acids is 1. The Bertz CT molecular complexity index is 772. The number of rotatable bonds is 8. The average Bonchev–Trinajstić information content (AvgIpc) is 3.00. The second-order valence-electron chi connectivity index (χ2n) is 5.55. The van der Waals surface area contributed by atoms with Crippen molar-refractivity contribution in [2.45, 2.75) is 49.8 Å². The first-order valence-corrected chi connectivity index (χ1v) is 9.44. The minimum Gasteiger partial charge on any atom is -0.354 e. The monoisotopic (exact) mass is 351 g/mol. The van der Waals surface area contributed by atoms with E-state index in [2.05, 4.69) is 15.5 Å². The zero-order valence-corrected chi connectivity index (χ0v) is 14.5. The predicted molar refractivity (Wildman–Crippen MR) is 87.8 cm³/mol. The number of benzene rings is 1. The molecule has 0 aliphatic rings. The molecule has 0 fully saturated rings. The summed E-state index contributed by atoms with van der Waals surface area (Å²) in [5.74, 6) is -0.0793. The quantitative estimate of drug-likeness (QED) is 0.779. The van der Waals surface area contributed by atoms with E-state index in [4.69, 9.17) is 4.52 Å². The van der Waals surface area contributed by atoms with Gasteiger partial charge in [-0.2, -0.15) is 4.98 Å². The van der Waals surface area contributed by atoms with Crippen LogP contribution in [-0.4, -0.2) is 30.5 Å². The molecular formula is C16H21N3O4S. The summed E-state index contributed by atoms with van der Waals surface area (Å²) in [6.45, 7) is 3.92. The molecule has 1 heterocycles. The largest absolute Gasteiger partial charge is 0.354 e. The van der Waals surface area contributed by atoms with Gasteiger partial charge in [-0.05, 0) is 25.5 Å². The van der Waals surface area contributed by atoms with Crippen LogP contribution in [0.15, 0.2) is 39.8 Å². The van der Waals surface area contributed by atoms with Crippen molar-refractivity contribution in [2.75, 3.05) is 0 Å². The standard InChI is InChI=1S/C16H21N3O4S/c1-3-12(2)17-15(20)9-10-16-18-14(19-23-16)11-24(21,22)13-7-5-4-6-8-13/h4-8,12H,3,9-11H2,1-2H3,(H,17,20)/t12-/m0/s1. The molecule has 7 nitrogen and oxygen atoms in total. The van der Waals surface area contributed by atoms with Crippen LogP contribution in [0.2, 0.25) is 0 Å². The maximum absolute atomic E-state index is 12.2. The van der Waals surface area contributed by atoms with E-state index in [0.717, 1.165) is 6.42 Å². The highest BCUT2D eigenvalue weighted by atomic mass is 32.2. The smallest absolute Gasteiger partial charge is 0.227 e. The summed E-state index contributed by atoms with van der Waals surface area (Å²) in [6.07, 6.45) is 1.35. The van der Waals surface area contributed by atoms with Gasteiger partial charge in [-0.1, -0.05) is 30.3 Å². The third-order valence-corrected chi connectivity index (χ3v) is 5.15. The van der Waals surface area contributed by atoms with Gasteiger partial charge >= 0.3 is 0 Å². The van der Waals surface area contributed by atoms with Gasteiger partial charge in [0.25, 0.3) is 0 Å². The molecule has 1 aromatic carbocycles. The highest BCUT2D eigenvalue weighted by Gasteiger charge is 2.19. The maximum atomic E-state index is 12.2. The van der Waals surface area contributed by atoms with Crippen molar-refractivity contribution in [3.8, 4) is 0 Å². The Morgan fingerprint density at radius 2 is 2.00 bits per heavy atom. The predicted octanol–water partition coefficient (Wildman–Crippen LogP) is 1.89. The molecule has 0 saturated heterocycles. The van der Waals surface area contributed by atoms with E-state index in [1.165, 1.54) is 12.1 Å². The Hall–Kier alpha value is -2.22. The summed E-state index contributed by atoms with van der Waals surface area (Å²) < 4.78 is 29.5. The van der Waals surface area contributed by atoms with E-state index in [0.29, 0.717) is 0 Å². The van der Waals surface area contributed by atoms with E-state index < -0.39 is 9.84 Å². The van der Waals surface area contributed by atoms with Crippen LogP contribution < -0.4 is 5.32 Å². The number of amides is 1. The second kappa shape index (κ2) is 8.05. The number of nitrogens with one attached hydrogen (secondary N) is 1. The Morgan fingerprint density at radius 1 is 1.29 bits per heavy atom. The number of carbonyl (C=O) groups is 1. The SMILES string of the molecule is CC[C@H](C)NC(=O)CCc1nc(CS(=O)(=O)c2ccccc2)no1. The van der Waals surface area contributed by atoms with E-state index in [1.54, 1.807) is 18.2 Å². The summed E-state index contributed by atoms with van der Waals surface area (Å²) in [7, 11) is -3.51. The minimum atomic E-state index is -3.51. The van der Waals surface area contributed by atoms with Gasteiger partial charge in [-0.3, -0.25) is 4.79 Å². The van der Waals surface area contributed by atoms with Gasteiger partial charge in [0.05, 0.1) is 4.90 Å². The number of aromatic nitrogens is 2. The molecule has 1 aromatic heterocycles. The molecule has 0 aliphatic carbocycles. The van der Waals surface area contributed by atoms with Crippen LogP contribution in [0, 0.1) is 0 Å². The van der Waals surface area contributed by atoms with Gasteiger partial charge in [0.2, 0.25) is 11.8 Å². The van der Waals surface area contributed by atoms with Gasteiger partial charge in [0.15, 0.2) is 15.7 Å². The molecular weight excluding hydrogens is 330 g/mol. The van der Waals surface area contributed by atoms with Crippen LogP contribution in [0.3, 0.4) is 0 Å². The molecule has 8 heteroatoms. The molecule has 24 heavy (non-hydrogen) atoms. The Balaban J connectivity index is 1.93. The van der Waals surface area contributed by atoms with Crippen LogP contribution in [0.5, 0.6) is 0 Å². The Morgan fingerprint density at radius 3 is 2.67 bits per heavy atom. The highest BCUT2D eigenvalue weighted by Crippen LogP contribution is 2.14. The van der Waals surface area contributed by atoms with Crippen LogP contribution in [0.25, 0.3) is 0 Å². The topological polar surface area (TPSA) is 102 Å². The molecule has 0 bridgehead atoms. The minimum absolute atomic E-state index is 0.0937. The molecule has 0 spiro atoms. The molecule has 130 valence electrons. The molecule has 0 unspecified atom stereocenters. The van der Waals surface area contributed by atoms with Gasteiger partial charge in [-0.25, -0.2) is 8.42 Å². The number of nitrogens with zero attached hydrogens (tertiary/aromatic N) is 2. The van der Waals surface area contributed by atoms with Crippen molar-refractivity contribution >= 4 is 15.7 Å². The molecule has 2 aromatic rings. The first-order chi connectivity index (χ1) is 11.4. The third kappa shape index (κ3) is 5.16. The van der Waals surface area contributed by atoms with Gasteiger partial charge < -0.3 is 9.84 Å². The molecule has 1 amide bonds. The summed E-state index contributed by atoms with van der Waals surface area (Å²) in [4.78, 5) is 16.0. The Labute approximate surface area is 141 Å². The fraction of sp³-hybridized carbons (Fsp3) is 0.438. The van der Waals surface area contributed by atoms with Crippen molar-refractivity contribution in [2.24, 2.45) is 0 Å². The zero-order valence-electron chi connectivity index (χ0n) is 13.7. The lowest BCUT2D eigenvalue weighted by molar-refractivity contribution is -0.121. The fourth-order valence-corrected chi connectivity index (χ4v) is 3.20. The van der Waals surface area contributed by atoms with Gasteiger partial charge in [0, 0.05) is 18.9 Å². The number of aryl methyl sites for hydroxylation is 1. The van der Waals surface area contributed by atoms with Crippen LogP contribution in [0.4, 0.5) is 0 Å². The van der Waals surface area contributed by atoms with Crippen molar-refractivity contribution in [3.63, 3.8) is 0 Å². The fourth-order valence-electron chi connectivity index (χ4n) is 2.00. The average molecular weight is 351 g/mol. The summed E-state index contributed by atoms with van der Waals surface area (Å²) in [5.41, 5.74) is 0. The number of hydrogen-bond donors (Lipinski definition) is 1. The van der Waals surface area contributed by atoms with E-state index in [-0.39, 0.29) is 47.2 Å². The summed E-state index contributed by atoms with van der Waals surface area (Å²) in [6, 6.07) is 8.22. The highest BCUT2D eigenvalue weighted by molar-refractivity contribution is 7.90. The molecule has 0 aliphatic heterocycles.